The summed E-state index contributed by atoms with van der Waals surface area (Å²) < 4.78 is 0. The Bertz CT molecular complexity index is 838. The Balaban J connectivity index is 1.70. The number of hydrazone groups is 1. The van der Waals surface area contributed by atoms with Crippen LogP contribution in [0.3, 0.4) is 0 Å². The fourth-order valence-corrected chi connectivity index (χ4v) is 2.12. The monoisotopic (exact) mass is 289 g/mol. The fraction of sp³-hybridized carbons (Fsp3) is 0.0556. The third-order valence-electron chi connectivity index (χ3n) is 3.33. The Morgan fingerprint density at radius 1 is 1.09 bits per heavy atom. The summed E-state index contributed by atoms with van der Waals surface area (Å²) in [7, 11) is 0. The van der Waals surface area contributed by atoms with Gasteiger partial charge in [0.25, 0.3) is 5.91 Å². The molecule has 0 bridgehead atoms. The second kappa shape index (κ2) is 6.18. The minimum absolute atomic E-state index is 0.274. The molecule has 1 amide bonds. The van der Waals surface area contributed by atoms with Gasteiger partial charge in [0.05, 0.1) is 11.8 Å². The van der Waals surface area contributed by atoms with Crippen LogP contribution in [0.25, 0.3) is 10.8 Å². The highest BCUT2D eigenvalue weighted by Gasteiger charge is 2.03. The molecule has 108 valence electrons. The number of amides is 1. The summed E-state index contributed by atoms with van der Waals surface area (Å²) in [5.74, 6) is -0.274. The average molecular weight is 289 g/mol. The molecule has 0 radical (unpaired) electrons. The quantitative estimate of drug-likeness (QED) is 0.594. The summed E-state index contributed by atoms with van der Waals surface area (Å²) >= 11 is 0. The number of benzene rings is 2. The van der Waals surface area contributed by atoms with Gasteiger partial charge in [0.15, 0.2) is 0 Å². The Kier molecular flexibility index (Phi) is 3.92. The van der Waals surface area contributed by atoms with E-state index in [1.165, 1.54) is 11.6 Å². The smallest absolute Gasteiger partial charge is 0.267 e. The zero-order valence-corrected chi connectivity index (χ0v) is 12.2. The van der Waals surface area contributed by atoms with Gasteiger partial charge in [0, 0.05) is 11.9 Å². The number of aromatic nitrogens is 1. The Morgan fingerprint density at radius 3 is 2.68 bits per heavy atom. The first kappa shape index (κ1) is 13.9. The van der Waals surface area contributed by atoms with Gasteiger partial charge < -0.3 is 0 Å². The van der Waals surface area contributed by atoms with Crippen LogP contribution in [0.2, 0.25) is 0 Å². The molecule has 0 saturated carbocycles. The fourth-order valence-electron chi connectivity index (χ4n) is 2.12. The van der Waals surface area contributed by atoms with Crippen LogP contribution in [-0.2, 0) is 0 Å². The van der Waals surface area contributed by atoms with Crippen LogP contribution in [0.5, 0.6) is 0 Å². The lowest BCUT2D eigenvalue weighted by Gasteiger charge is -2.01. The van der Waals surface area contributed by atoms with Crippen LogP contribution in [0, 0.1) is 6.92 Å². The topological polar surface area (TPSA) is 54.4 Å². The third kappa shape index (κ3) is 3.17. The van der Waals surface area contributed by atoms with Crippen LogP contribution < -0.4 is 5.43 Å². The number of nitrogens with zero attached hydrogens (tertiary/aromatic N) is 2. The standard InChI is InChI=1S/C18H15N3O/c1-13-6-8-17(12-19-13)18(22)21-20-11-14-7-9-15-4-2-3-5-16(15)10-14/h2-12H,1H3,(H,21,22). The van der Waals surface area contributed by atoms with Crippen molar-refractivity contribution >= 4 is 22.9 Å². The van der Waals surface area contributed by atoms with Crippen LogP contribution in [0.15, 0.2) is 65.9 Å². The number of aryl methyl sites for hydroxylation is 1. The molecule has 0 aliphatic rings. The van der Waals surface area contributed by atoms with Crippen LogP contribution in [0.4, 0.5) is 0 Å². The first-order valence-electron chi connectivity index (χ1n) is 6.97. The highest BCUT2D eigenvalue weighted by atomic mass is 16.2. The number of carbonyl (C=O) groups excluding carboxylic acids is 1. The molecule has 0 unspecified atom stereocenters. The van der Waals surface area contributed by atoms with Crippen LogP contribution >= 0.6 is 0 Å². The van der Waals surface area contributed by atoms with E-state index in [1.54, 1.807) is 18.3 Å². The SMILES string of the molecule is Cc1ccc(C(=O)NN=Cc2ccc3ccccc3c2)cn1. The number of hydrogen-bond acceptors (Lipinski definition) is 3. The summed E-state index contributed by atoms with van der Waals surface area (Å²) in [6, 6.07) is 17.6. The van der Waals surface area contributed by atoms with E-state index < -0.39 is 0 Å². The number of fused-ring (bicyclic) bond motifs is 1. The maximum atomic E-state index is 11.9. The van der Waals surface area contributed by atoms with Gasteiger partial charge in [-0.3, -0.25) is 9.78 Å². The summed E-state index contributed by atoms with van der Waals surface area (Å²) in [6.45, 7) is 1.87. The molecule has 22 heavy (non-hydrogen) atoms. The van der Waals surface area contributed by atoms with Crippen molar-refractivity contribution < 1.29 is 4.79 Å². The van der Waals surface area contributed by atoms with E-state index in [-0.39, 0.29) is 5.91 Å². The van der Waals surface area contributed by atoms with Gasteiger partial charge in [-0.1, -0.05) is 36.4 Å². The van der Waals surface area contributed by atoms with Gasteiger partial charge in [0.2, 0.25) is 0 Å². The molecule has 1 heterocycles. The third-order valence-corrected chi connectivity index (χ3v) is 3.33. The van der Waals surface area contributed by atoms with E-state index in [9.17, 15) is 4.79 Å². The van der Waals surface area contributed by atoms with E-state index in [4.69, 9.17) is 0 Å². The summed E-state index contributed by atoms with van der Waals surface area (Å²) in [5.41, 5.74) is 4.80. The molecule has 3 rings (SSSR count). The molecule has 0 atom stereocenters. The lowest BCUT2D eigenvalue weighted by molar-refractivity contribution is 0.0955. The molecule has 0 aliphatic carbocycles. The van der Waals surface area contributed by atoms with E-state index in [2.05, 4.69) is 21.6 Å². The van der Waals surface area contributed by atoms with E-state index in [0.29, 0.717) is 5.56 Å². The second-order valence-electron chi connectivity index (χ2n) is 4.99. The lowest BCUT2D eigenvalue weighted by atomic mass is 10.1. The Labute approximate surface area is 128 Å². The molecule has 1 aromatic heterocycles. The van der Waals surface area contributed by atoms with Crippen LogP contribution in [-0.4, -0.2) is 17.1 Å². The highest BCUT2D eigenvalue weighted by molar-refractivity contribution is 5.95. The molecule has 3 aromatic rings. The molecule has 0 spiro atoms. The predicted molar refractivity (Wildman–Crippen MR) is 88.0 cm³/mol. The summed E-state index contributed by atoms with van der Waals surface area (Å²) in [6.07, 6.45) is 3.17. The van der Waals surface area contributed by atoms with Gasteiger partial charge in [-0.15, -0.1) is 0 Å². The maximum Gasteiger partial charge on any atom is 0.272 e. The van der Waals surface area contributed by atoms with Crippen molar-refractivity contribution in [3.8, 4) is 0 Å². The van der Waals surface area contributed by atoms with E-state index in [1.807, 2.05) is 43.3 Å². The summed E-state index contributed by atoms with van der Waals surface area (Å²) in [5, 5.41) is 6.31. The van der Waals surface area contributed by atoms with Gasteiger partial charge in [-0.2, -0.15) is 5.10 Å². The average Bonchev–Trinajstić information content (AvgIpc) is 2.55. The molecule has 0 fully saturated rings. The van der Waals surface area contributed by atoms with Crippen molar-refractivity contribution in [2.75, 3.05) is 0 Å². The second-order valence-corrected chi connectivity index (χ2v) is 4.99. The molecule has 0 saturated heterocycles. The minimum Gasteiger partial charge on any atom is -0.267 e. The first-order chi connectivity index (χ1) is 10.7. The maximum absolute atomic E-state index is 11.9. The molecular formula is C18H15N3O. The number of rotatable bonds is 3. The van der Waals surface area contributed by atoms with Crippen molar-refractivity contribution in [2.45, 2.75) is 6.92 Å². The molecule has 0 aliphatic heterocycles. The Hall–Kier alpha value is -3.01. The van der Waals surface area contributed by atoms with Crippen molar-refractivity contribution in [2.24, 2.45) is 5.10 Å². The Morgan fingerprint density at radius 2 is 1.91 bits per heavy atom. The number of nitrogens with one attached hydrogen (secondary N) is 1. The van der Waals surface area contributed by atoms with Gasteiger partial charge in [-0.05, 0) is 41.5 Å². The number of hydrogen-bond donors (Lipinski definition) is 1. The molecule has 4 nitrogen and oxygen atoms in total. The largest absolute Gasteiger partial charge is 0.272 e. The van der Waals surface area contributed by atoms with Crippen molar-refractivity contribution in [1.82, 2.24) is 10.4 Å². The van der Waals surface area contributed by atoms with Crippen molar-refractivity contribution in [3.63, 3.8) is 0 Å². The van der Waals surface area contributed by atoms with Gasteiger partial charge in [-0.25, -0.2) is 5.43 Å². The van der Waals surface area contributed by atoms with Crippen molar-refractivity contribution in [3.05, 3.63) is 77.6 Å². The normalized spacial score (nSPS) is 11.0. The van der Waals surface area contributed by atoms with Crippen molar-refractivity contribution in [1.29, 1.82) is 0 Å². The van der Waals surface area contributed by atoms with E-state index in [0.717, 1.165) is 16.6 Å². The lowest BCUT2D eigenvalue weighted by Crippen LogP contribution is -2.17. The van der Waals surface area contributed by atoms with Gasteiger partial charge >= 0.3 is 0 Å². The minimum atomic E-state index is -0.274. The highest BCUT2D eigenvalue weighted by Crippen LogP contribution is 2.14. The molecular weight excluding hydrogens is 274 g/mol. The number of carbonyl (C=O) groups is 1. The van der Waals surface area contributed by atoms with Crippen LogP contribution in [0.1, 0.15) is 21.6 Å². The number of pyridine rings is 1. The molecule has 4 heteroatoms. The first-order valence-corrected chi connectivity index (χ1v) is 6.97. The zero-order valence-electron chi connectivity index (χ0n) is 12.2. The predicted octanol–water partition coefficient (Wildman–Crippen LogP) is 3.31. The molecule has 1 N–H and O–H groups in total. The van der Waals surface area contributed by atoms with E-state index >= 15 is 0 Å². The van der Waals surface area contributed by atoms with Gasteiger partial charge in [0.1, 0.15) is 0 Å². The zero-order chi connectivity index (χ0) is 15.4. The molecule has 2 aromatic carbocycles. The summed E-state index contributed by atoms with van der Waals surface area (Å²) in [4.78, 5) is 16.0.